The molecule has 0 unspecified atom stereocenters. The van der Waals surface area contributed by atoms with Crippen molar-refractivity contribution in [3.05, 3.63) is 118 Å². The van der Waals surface area contributed by atoms with Crippen LogP contribution in [0.3, 0.4) is 0 Å². The zero-order valence-electron chi connectivity index (χ0n) is 20.3. The summed E-state index contributed by atoms with van der Waals surface area (Å²) in [7, 11) is 0. The van der Waals surface area contributed by atoms with E-state index in [4.69, 9.17) is 9.47 Å². The van der Waals surface area contributed by atoms with Crippen LogP contribution in [0.15, 0.2) is 101 Å². The van der Waals surface area contributed by atoms with Gasteiger partial charge in [0.05, 0.1) is 12.5 Å². The second kappa shape index (κ2) is 13.8. The number of benzene rings is 3. The first-order chi connectivity index (χ1) is 18.6. The van der Waals surface area contributed by atoms with E-state index in [0.717, 1.165) is 15.6 Å². The summed E-state index contributed by atoms with van der Waals surface area (Å²) in [6, 6.07) is 23.5. The van der Waals surface area contributed by atoms with Crippen LogP contribution in [0.2, 0.25) is 0 Å². The number of ether oxygens (including phenoxy) is 2. The lowest BCUT2D eigenvalue weighted by atomic mass is 10.1. The van der Waals surface area contributed by atoms with Gasteiger partial charge in [0.25, 0.3) is 5.91 Å². The first-order valence-corrected chi connectivity index (χ1v) is 12.6. The zero-order chi connectivity index (χ0) is 26.6. The van der Waals surface area contributed by atoms with Gasteiger partial charge in [0.1, 0.15) is 25.0 Å². The number of hydrogen-bond donors (Lipinski definition) is 3. The fourth-order valence-electron chi connectivity index (χ4n) is 3.44. The molecule has 10 heteroatoms. The van der Waals surface area contributed by atoms with Crippen LogP contribution in [0.1, 0.15) is 22.4 Å². The van der Waals surface area contributed by atoms with Crippen molar-refractivity contribution in [3.63, 3.8) is 0 Å². The number of rotatable bonds is 11. The Bertz CT molecular complexity index is 1350. The summed E-state index contributed by atoms with van der Waals surface area (Å²) >= 11 is 3.42. The minimum atomic E-state index is -0.945. The fraction of sp³-hybridized carbons (Fsp3) is 0.143. The summed E-state index contributed by atoms with van der Waals surface area (Å²) < 4.78 is 12.2. The van der Waals surface area contributed by atoms with E-state index in [1.807, 2.05) is 78.9 Å². The zero-order valence-corrected chi connectivity index (χ0v) is 21.9. The number of hydrazone groups is 1. The molecule has 1 aromatic heterocycles. The summed E-state index contributed by atoms with van der Waals surface area (Å²) in [5, 5.41) is 6.70. The second-order valence-corrected chi connectivity index (χ2v) is 9.14. The summed E-state index contributed by atoms with van der Waals surface area (Å²) in [4.78, 5) is 32.2. The number of alkyl carbamates (subject to hydrolysis) is 1. The molecule has 0 spiro atoms. The van der Waals surface area contributed by atoms with Crippen LogP contribution >= 0.6 is 15.9 Å². The van der Waals surface area contributed by atoms with Crippen LogP contribution in [-0.2, 0) is 29.2 Å². The number of imidazole rings is 1. The summed E-state index contributed by atoms with van der Waals surface area (Å²) in [5.41, 5.74) is 5.70. The molecule has 0 radical (unpaired) electrons. The van der Waals surface area contributed by atoms with Crippen molar-refractivity contribution >= 4 is 34.1 Å². The van der Waals surface area contributed by atoms with Gasteiger partial charge in [-0.15, -0.1) is 0 Å². The first-order valence-electron chi connectivity index (χ1n) is 11.8. The highest BCUT2D eigenvalue weighted by atomic mass is 79.9. The molecule has 2 amide bonds. The van der Waals surface area contributed by atoms with Crippen LogP contribution < -0.4 is 15.5 Å². The molecule has 4 aromatic rings. The highest BCUT2D eigenvalue weighted by molar-refractivity contribution is 9.10. The molecule has 1 heterocycles. The van der Waals surface area contributed by atoms with Gasteiger partial charge in [0.2, 0.25) is 0 Å². The van der Waals surface area contributed by atoms with Gasteiger partial charge in [-0.1, -0.05) is 70.5 Å². The maximum atomic E-state index is 12.9. The average molecular weight is 576 g/mol. The predicted octanol–water partition coefficient (Wildman–Crippen LogP) is 4.74. The molecule has 0 saturated heterocycles. The van der Waals surface area contributed by atoms with E-state index in [1.54, 1.807) is 6.20 Å². The van der Waals surface area contributed by atoms with Crippen molar-refractivity contribution in [2.75, 3.05) is 0 Å². The molecule has 0 saturated carbocycles. The first kappa shape index (κ1) is 26.6. The molecule has 38 heavy (non-hydrogen) atoms. The molecule has 3 N–H and O–H groups in total. The number of nitrogens with one attached hydrogen (secondary N) is 3. The Kier molecular flexibility index (Phi) is 9.63. The van der Waals surface area contributed by atoms with Gasteiger partial charge in [-0.3, -0.25) is 4.79 Å². The van der Waals surface area contributed by atoms with E-state index < -0.39 is 18.0 Å². The average Bonchev–Trinajstić information content (AvgIpc) is 3.46. The summed E-state index contributed by atoms with van der Waals surface area (Å²) in [6.45, 7) is 0.464. The third-order valence-corrected chi connectivity index (χ3v) is 5.93. The van der Waals surface area contributed by atoms with Crippen molar-refractivity contribution in [1.82, 2.24) is 20.7 Å². The van der Waals surface area contributed by atoms with Crippen LogP contribution in [0.5, 0.6) is 5.75 Å². The van der Waals surface area contributed by atoms with Crippen LogP contribution in [0.4, 0.5) is 4.79 Å². The second-order valence-electron chi connectivity index (χ2n) is 8.23. The molecule has 4 rings (SSSR count). The molecule has 1 atom stereocenters. The Morgan fingerprint density at radius 3 is 2.47 bits per heavy atom. The third kappa shape index (κ3) is 8.31. The van der Waals surface area contributed by atoms with Gasteiger partial charge >= 0.3 is 6.09 Å². The minimum absolute atomic E-state index is 0.0836. The lowest BCUT2D eigenvalue weighted by molar-refractivity contribution is -0.123. The number of carbonyl (C=O) groups excluding carboxylic acids is 2. The Balaban J connectivity index is 1.36. The molecule has 3 aromatic carbocycles. The van der Waals surface area contributed by atoms with Crippen molar-refractivity contribution < 1.29 is 19.1 Å². The quantitative estimate of drug-likeness (QED) is 0.176. The van der Waals surface area contributed by atoms with E-state index in [9.17, 15) is 9.59 Å². The number of aromatic nitrogens is 2. The number of nitrogens with zero attached hydrogens (tertiary/aromatic N) is 2. The van der Waals surface area contributed by atoms with Gasteiger partial charge in [-0.25, -0.2) is 15.2 Å². The number of para-hydroxylation sites is 1. The van der Waals surface area contributed by atoms with Crippen LogP contribution in [-0.4, -0.2) is 34.2 Å². The Morgan fingerprint density at radius 1 is 0.974 bits per heavy atom. The molecule has 0 aliphatic rings. The highest BCUT2D eigenvalue weighted by Crippen LogP contribution is 2.18. The van der Waals surface area contributed by atoms with Crippen LogP contribution in [0.25, 0.3) is 0 Å². The van der Waals surface area contributed by atoms with Crippen molar-refractivity contribution in [1.29, 1.82) is 0 Å². The topological polar surface area (TPSA) is 118 Å². The van der Waals surface area contributed by atoms with E-state index in [1.165, 1.54) is 12.5 Å². The molecule has 0 aliphatic carbocycles. The summed E-state index contributed by atoms with van der Waals surface area (Å²) in [5.74, 6) is 0.103. The SMILES string of the molecule is O=C(N[C@@H](Cc1cnc[nH]1)C(=O)N/N=C\c1ccccc1OCc1ccc(Br)cc1)OCc1ccccc1. The lowest BCUT2D eigenvalue weighted by Gasteiger charge is -2.16. The van der Waals surface area contributed by atoms with Gasteiger partial charge < -0.3 is 19.8 Å². The number of amides is 2. The molecule has 0 bridgehead atoms. The predicted molar refractivity (Wildman–Crippen MR) is 146 cm³/mol. The Hall–Kier alpha value is -4.44. The molecular weight excluding hydrogens is 550 g/mol. The van der Waals surface area contributed by atoms with Gasteiger partial charge in [-0.2, -0.15) is 5.10 Å². The molecule has 194 valence electrons. The van der Waals surface area contributed by atoms with Crippen LogP contribution in [0, 0.1) is 0 Å². The summed E-state index contributed by atoms with van der Waals surface area (Å²) in [6.07, 6.45) is 4.04. The number of halogens is 1. The number of hydrogen-bond acceptors (Lipinski definition) is 6. The number of aromatic amines is 1. The standard InChI is InChI=1S/C28H26BrN5O4/c29-23-12-10-21(11-13-23)17-37-26-9-5-4-8-22(26)15-32-34-27(35)25(14-24-16-30-19-31-24)33-28(36)38-18-20-6-2-1-3-7-20/h1-13,15-16,19,25H,14,17-18H2,(H,30,31)(H,33,36)(H,34,35)/b32-15-/t25-/m0/s1. The number of H-pyrrole nitrogens is 1. The van der Waals surface area contributed by atoms with Crippen molar-refractivity contribution in [3.8, 4) is 5.75 Å². The molecule has 9 nitrogen and oxygen atoms in total. The van der Waals surface area contributed by atoms with Gasteiger partial charge in [0, 0.05) is 28.3 Å². The third-order valence-electron chi connectivity index (χ3n) is 5.41. The van der Waals surface area contributed by atoms with E-state index in [2.05, 4.69) is 41.7 Å². The molecular formula is C28H26BrN5O4. The monoisotopic (exact) mass is 575 g/mol. The van der Waals surface area contributed by atoms with Gasteiger partial charge in [0.15, 0.2) is 0 Å². The van der Waals surface area contributed by atoms with Crippen molar-refractivity contribution in [2.45, 2.75) is 25.7 Å². The normalized spacial score (nSPS) is 11.6. The smallest absolute Gasteiger partial charge is 0.408 e. The fourth-order valence-corrected chi connectivity index (χ4v) is 3.70. The largest absolute Gasteiger partial charge is 0.488 e. The van der Waals surface area contributed by atoms with Gasteiger partial charge in [-0.05, 0) is 35.4 Å². The van der Waals surface area contributed by atoms with E-state index >= 15 is 0 Å². The van der Waals surface area contributed by atoms with Crippen molar-refractivity contribution in [2.24, 2.45) is 5.10 Å². The maximum Gasteiger partial charge on any atom is 0.408 e. The Morgan fingerprint density at radius 2 is 1.71 bits per heavy atom. The lowest BCUT2D eigenvalue weighted by Crippen LogP contribution is -2.47. The molecule has 0 fully saturated rings. The molecule has 0 aliphatic heterocycles. The highest BCUT2D eigenvalue weighted by Gasteiger charge is 2.22. The minimum Gasteiger partial charge on any atom is -0.488 e. The van der Waals surface area contributed by atoms with E-state index in [-0.39, 0.29) is 13.0 Å². The number of carbonyl (C=O) groups is 2. The Labute approximate surface area is 228 Å². The van der Waals surface area contributed by atoms with E-state index in [0.29, 0.717) is 23.6 Å². The maximum absolute atomic E-state index is 12.9.